The number of benzene rings is 1. The largest absolute Gasteiger partial charge is 0.477 e. The Labute approximate surface area is 215 Å². The monoisotopic (exact) mass is 520 g/mol. The number of aromatic carboxylic acids is 1. The first-order chi connectivity index (χ1) is 18.0. The molecule has 0 spiro atoms. The summed E-state index contributed by atoms with van der Waals surface area (Å²) in [6.45, 7) is 5.96. The molecule has 13 nitrogen and oxygen atoms in total. The van der Waals surface area contributed by atoms with Crippen molar-refractivity contribution in [3.8, 4) is 11.4 Å². The molecule has 1 fully saturated rings. The van der Waals surface area contributed by atoms with Gasteiger partial charge in [0.2, 0.25) is 11.8 Å². The van der Waals surface area contributed by atoms with Crippen LogP contribution in [0.25, 0.3) is 11.4 Å². The number of morpholine rings is 1. The topological polar surface area (TPSA) is 158 Å². The molecule has 0 saturated carbocycles. The molecule has 6 rings (SSSR count). The Bertz CT molecular complexity index is 1420. The summed E-state index contributed by atoms with van der Waals surface area (Å²) in [6, 6.07) is 8.07. The number of aromatic nitrogens is 7. The van der Waals surface area contributed by atoms with E-state index >= 15 is 0 Å². The maximum atomic E-state index is 11.5. The fourth-order valence-electron chi connectivity index (χ4n) is 4.55. The molecule has 2 aliphatic heterocycles. The second kappa shape index (κ2) is 9.71. The number of aryl methyl sites for hydroxylation is 1. The number of nitrogens with one attached hydrogen (secondary N) is 2. The van der Waals surface area contributed by atoms with Crippen molar-refractivity contribution >= 4 is 40.0 Å². The van der Waals surface area contributed by atoms with Gasteiger partial charge in [0, 0.05) is 37.3 Å². The van der Waals surface area contributed by atoms with E-state index in [0.29, 0.717) is 42.4 Å². The van der Waals surface area contributed by atoms with Crippen LogP contribution in [-0.2, 0) is 17.7 Å². The predicted molar refractivity (Wildman–Crippen MR) is 137 cm³/mol. The van der Waals surface area contributed by atoms with E-state index in [1.54, 1.807) is 6.92 Å². The number of hydrogen-bond acceptors (Lipinski definition) is 12. The van der Waals surface area contributed by atoms with E-state index in [1.807, 2.05) is 12.1 Å². The molecule has 3 aromatic heterocycles. The van der Waals surface area contributed by atoms with E-state index in [-0.39, 0.29) is 4.88 Å². The Morgan fingerprint density at radius 2 is 1.92 bits per heavy atom. The lowest BCUT2D eigenvalue weighted by molar-refractivity contribution is 0.0701. The fourth-order valence-corrected chi connectivity index (χ4v) is 5.35. The van der Waals surface area contributed by atoms with Crippen molar-refractivity contribution in [3.63, 3.8) is 0 Å². The van der Waals surface area contributed by atoms with Crippen LogP contribution in [0.2, 0.25) is 0 Å². The molecule has 0 unspecified atom stereocenters. The van der Waals surface area contributed by atoms with Crippen LogP contribution < -0.4 is 15.1 Å². The zero-order chi connectivity index (χ0) is 25.4. The van der Waals surface area contributed by atoms with Crippen molar-refractivity contribution in [2.24, 2.45) is 0 Å². The highest BCUT2D eigenvalue weighted by Gasteiger charge is 2.29. The maximum absolute atomic E-state index is 11.5. The van der Waals surface area contributed by atoms with Crippen LogP contribution in [0.3, 0.4) is 0 Å². The van der Waals surface area contributed by atoms with Crippen LogP contribution in [0, 0.1) is 6.92 Å². The van der Waals surface area contributed by atoms with Gasteiger partial charge in [-0.3, -0.25) is 5.32 Å². The minimum Gasteiger partial charge on any atom is -0.477 e. The number of fused-ring (bicyclic) bond motifs is 1. The first-order valence-corrected chi connectivity index (χ1v) is 12.7. The van der Waals surface area contributed by atoms with Gasteiger partial charge in [0.05, 0.1) is 18.9 Å². The molecule has 0 aliphatic carbocycles. The highest BCUT2D eigenvalue weighted by atomic mass is 32.1. The lowest BCUT2D eigenvalue weighted by Crippen LogP contribution is -2.37. The number of nitrogens with zero attached hydrogens (tertiary/aromatic N) is 8. The molecule has 0 amide bonds. The molecule has 37 heavy (non-hydrogen) atoms. The zero-order valence-corrected chi connectivity index (χ0v) is 20.8. The third kappa shape index (κ3) is 4.68. The number of thiazole rings is 1. The van der Waals surface area contributed by atoms with E-state index < -0.39 is 5.97 Å². The van der Waals surface area contributed by atoms with Gasteiger partial charge >= 0.3 is 5.97 Å². The molecule has 1 saturated heterocycles. The van der Waals surface area contributed by atoms with Crippen LogP contribution in [0.1, 0.15) is 26.5 Å². The molecule has 0 atom stereocenters. The number of hydrogen-bond donors (Lipinski definition) is 3. The summed E-state index contributed by atoms with van der Waals surface area (Å²) in [5.41, 5.74) is 3.59. The first-order valence-electron chi connectivity index (χ1n) is 11.8. The Kier molecular flexibility index (Phi) is 6.10. The van der Waals surface area contributed by atoms with Crippen LogP contribution in [0.4, 0.5) is 22.7 Å². The van der Waals surface area contributed by atoms with E-state index in [2.05, 4.69) is 52.9 Å². The second-order valence-electron chi connectivity index (χ2n) is 8.74. The Morgan fingerprint density at radius 1 is 1.14 bits per heavy atom. The molecule has 190 valence electrons. The lowest BCUT2D eigenvalue weighted by Gasteiger charge is -2.29. The summed E-state index contributed by atoms with van der Waals surface area (Å²) in [5.74, 6) is 1.71. The summed E-state index contributed by atoms with van der Waals surface area (Å²) in [4.78, 5) is 30.2. The number of ether oxygens (including phenoxy) is 1. The molecule has 14 heteroatoms. The molecule has 4 aromatic rings. The Balaban J connectivity index is 1.30. The fraction of sp³-hybridized carbons (Fsp3) is 0.348. The third-order valence-corrected chi connectivity index (χ3v) is 7.41. The average Bonchev–Trinajstić information content (AvgIpc) is 3.66. The van der Waals surface area contributed by atoms with Gasteiger partial charge in [-0.15, -0.1) is 10.2 Å². The average molecular weight is 521 g/mol. The third-order valence-electron chi connectivity index (χ3n) is 6.35. The van der Waals surface area contributed by atoms with Crippen molar-refractivity contribution in [2.75, 3.05) is 48.0 Å². The molecule has 3 N–H and O–H groups in total. The number of carbonyl (C=O) groups is 1. The number of anilines is 4. The first kappa shape index (κ1) is 23.2. The van der Waals surface area contributed by atoms with Crippen molar-refractivity contribution in [1.82, 2.24) is 35.6 Å². The summed E-state index contributed by atoms with van der Waals surface area (Å²) >= 11 is 1.07. The number of tetrazole rings is 1. The van der Waals surface area contributed by atoms with Crippen molar-refractivity contribution < 1.29 is 14.6 Å². The number of aromatic amines is 1. The minimum atomic E-state index is -0.997. The number of H-pyrrole nitrogens is 1. The van der Waals surface area contributed by atoms with Crippen molar-refractivity contribution in [3.05, 3.63) is 46.0 Å². The maximum Gasteiger partial charge on any atom is 0.347 e. The van der Waals surface area contributed by atoms with Gasteiger partial charge in [-0.25, -0.2) is 9.78 Å². The number of carboxylic acids is 1. The van der Waals surface area contributed by atoms with E-state index in [4.69, 9.17) is 14.7 Å². The van der Waals surface area contributed by atoms with Gasteiger partial charge < -0.3 is 19.6 Å². The zero-order valence-electron chi connectivity index (χ0n) is 20.0. The van der Waals surface area contributed by atoms with Crippen LogP contribution in [0.15, 0.2) is 24.3 Å². The smallest absolute Gasteiger partial charge is 0.347 e. The van der Waals surface area contributed by atoms with Crippen LogP contribution in [-0.4, -0.2) is 79.5 Å². The predicted octanol–water partition coefficient (Wildman–Crippen LogP) is 2.26. The normalized spacial score (nSPS) is 15.2. The minimum absolute atomic E-state index is 0.197. The van der Waals surface area contributed by atoms with Crippen LogP contribution in [0.5, 0.6) is 0 Å². The number of rotatable bonds is 7. The highest BCUT2D eigenvalue weighted by Crippen LogP contribution is 2.36. The SMILES string of the molecule is Cc1nc(Nc2nc(N3CCOCC3)c3c(n2)N(Cc2ccc(-c4nn[nH]n4)cc2)CC3)sc1C(=O)O. The summed E-state index contributed by atoms with van der Waals surface area (Å²) in [6.07, 6.45) is 0.836. The number of carboxylic acid groups (broad SMARTS) is 1. The quantitative estimate of drug-likeness (QED) is 0.327. The standard InChI is InChI=1S/C23H24N10O3S/c1-13-17(21(34)35)37-23(24-13)27-22-25-19(32-8-10-36-11-9-32)16-6-7-33(20(16)26-22)12-14-2-4-15(5-3-14)18-28-30-31-29-18/h2-5H,6-12H2,1H3,(H,34,35)(H,24,25,26,27)(H,28,29,30,31). The van der Waals surface area contributed by atoms with Crippen molar-refractivity contribution in [1.29, 1.82) is 0 Å². The van der Waals surface area contributed by atoms with E-state index in [1.165, 1.54) is 0 Å². The molecule has 0 bridgehead atoms. The second-order valence-corrected chi connectivity index (χ2v) is 9.74. The molecule has 0 radical (unpaired) electrons. The Hall–Kier alpha value is -4.17. The van der Waals surface area contributed by atoms with E-state index in [0.717, 1.165) is 65.7 Å². The van der Waals surface area contributed by atoms with Crippen LogP contribution >= 0.6 is 11.3 Å². The van der Waals surface area contributed by atoms with Gasteiger partial charge in [0.25, 0.3) is 0 Å². The lowest BCUT2D eigenvalue weighted by atomic mass is 10.1. The van der Waals surface area contributed by atoms with Crippen molar-refractivity contribution in [2.45, 2.75) is 19.9 Å². The Morgan fingerprint density at radius 3 is 2.62 bits per heavy atom. The highest BCUT2D eigenvalue weighted by molar-refractivity contribution is 7.17. The molecule has 2 aliphatic rings. The molecular formula is C23H24N10O3S. The van der Waals surface area contributed by atoms with E-state index in [9.17, 15) is 9.90 Å². The molecular weight excluding hydrogens is 496 g/mol. The van der Waals surface area contributed by atoms with Gasteiger partial charge in [-0.1, -0.05) is 35.6 Å². The molecule has 5 heterocycles. The molecule has 1 aromatic carbocycles. The van der Waals surface area contributed by atoms with Gasteiger partial charge in [0.1, 0.15) is 16.5 Å². The van der Waals surface area contributed by atoms with Gasteiger partial charge in [0.15, 0.2) is 5.13 Å². The summed E-state index contributed by atoms with van der Waals surface area (Å²) < 4.78 is 5.55. The van der Waals surface area contributed by atoms with Gasteiger partial charge in [-0.05, 0) is 24.1 Å². The summed E-state index contributed by atoms with van der Waals surface area (Å²) in [7, 11) is 0. The summed E-state index contributed by atoms with van der Waals surface area (Å²) in [5, 5.41) is 27.2. The van der Waals surface area contributed by atoms with Gasteiger partial charge in [-0.2, -0.15) is 15.2 Å².